The number of amides is 1. The van der Waals surface area contributed by atoms with Crippen molar-refractivity contribution in [3.05, 3.63) is 36.0 Å². The maximum Gasteiger partial charge on any atom is 0.241 e. The van der Waals surface area contributed by atoms with Gasteiger partial charge in [0.2, 0.25) is 17.6 Å². The lowest BCUT2D eigenvalue weighted by Crippen LogP contribution is -2.43. The number of aromatic nitrogens is 2. The van der Waals surface area contributed by atoms with Crippen LogP contribution >= 0.6 is 0 Å². The van der Waals surface area contributed by atoms with Crippen LogP contribution in [0.4, 0.5) is 5.69 Å². The summed E-state index contributed by atoms with van der Waals surface area (Å²) in [6, 6.07) is 6.54. The molecule has 25 heavy (non-hydrogen) atoms. The van der Waals surface area contributed by atoms with Crippen molar-refractivity contribution in [1.29, 1.82) is 0 Å². The molecule has 1 aromatic heterocycles. The maximum absolute atomic E-state index is 12.3. The number of rotatable bonds is 6. The number of nitrogens with one attached hydrogen (secondary N) is 1. The van der Waals surface area contributed by atoms with Gasteiger partial charge in [-0.2, -0.15) is 4.98 Å². The first-order valence-corrected chi connectivity index (χ1v) is 8.28. The third-order valence-corrected chi connectivity index (χ3v) is 4.14. The molecule has 1 aliphatic heterocycles. The SMILES string of the molecule is Cc1nc(COc2ccc(NC(=O)C(N)C3CCOCC3)cc2)no1. The molecule has 1 amide bonds. The Bertz CT molecular complexity index is 695. The van der Waals surface area contributed by atoms with E-state index >= 15 is 0 Å². The number of nitrogens with zero attached hydrogens (tertiary/aromatic N) is 2. The maximum atomic E-state index is 12.3. The summed E-state index contributed by atoms with van der Waals surface area (Å²) in [6.45, 7) is 3.27. The molecule has 1 unspecified atom stereocenters. The smallest absolute Gasteiger partial charge is 0.241 e. The molecule has 134 valence electrons. The Morgan fingerprint density at radius 1 is 1.36 bits per heavy atom. The summed E-state index contributed by atoms with van der Waals surface area (Å²) >= 11 is 0. The zero-order valence-corrected chi connectivity index (χ0v) is 14.1. The molecule has 1 saturated heterocycles. The van der Waals surface area contributed by atoms with Crippen LogP contribution in [-0.2, 0) is 16.1 Å². The Labute approximate surface area is 145 Å². The van der Waals surface area contributed by atoms with Gasteiger partial charge in [0.1, 0.15) is 5.75 Å². The molecule has 2 heterocycles. The minimum absolute atomic E-state index is 0.162. The van der Waals surface area contributed by atoms with Crippen LogP contribution in [0.1, 0.15) is 24.6 Å². The van der Waals surface area contributed by atoms with Crippen LogP contribution in [0.5, 0.6) is 5.75 Å². The van der Waals surface area contributed by atoms with Crippen molar-refractivity contribution in [2.75, 3.05) is 18.5 Å². The highest BCUT2D eigenvalue weighted by molar-refractivity contribution is 5.94. The molecule has 0 aliphatic carbocycles. The van der Waals surface area contributed by atoms with E-state index in [-0.39, 0.29) is 18.4 Å². The van der Waals surface area contributed by atoms with E-state index < -0.39 is 6.04 Å². The number of ether oxygens (including phenoxy) is 2. The molecule has 0 bridgehead atoms. The molecule has 3 rings (SSSR count). The fraction of sp³-hybridized carbons (Fsp3) is 0.471. The molecular weight excluding hydrogens is 324 g/mol. The molecule has 0 spiro atoms. The average Bonchev–Trinajstić information content (AvgIpc) is 3.06. The Morgan fingerprint density at radius 2 is 2.08 bits per heavy atom. The largest absolute Gasteiger partial charge is 0.485 e. The van der Waals surface area contributed by atoms with Crippen LogP contribution in [0.25, 0.3) is 0 Å². The number of aryl methyl sites for hydroxylation is 1. The molecule has 1 fully saturated rings. The Morgan fingerprint density at radius 3 is 2.72 bits per heavy atom. The zero-order valence-electron chi connectivity index (χ0n) is 14.1. The molecule has 1 atom stereocenters. The Balaban J connectivity index is 1.50. The standard InChI is InChI=1S/C17H22N4O4/c1-11-19-15(21-25-11)10-24-14-4-2-13(3-5-14)20-17(22)16(18)12-6-8-23-9-7-12/h2-5,12,16H,6-10,18H2,1H3,(H,20,22). The zero-order chi connectivity index (χ0) is 17.6. The number of nitrogens with two attached hydrogens (primary N) is 1. The van der Waals surface area contributed by atoms with E-state index in [2.05, 4.69) is 15.5 Å². The van der Waals surface area contributed by atoms with E-state index in [1.54, 1.807) is 31.2 Å². The van der Waals surface area contributed by atoms with Crippen molar-refractivity contribution >= 4 is 11.6 Å². The first-order chi connectivity index (χ1) is 12.1. The predicted octanol–water partition coefficient (Wildman–Crippen LogP) is 1.65. The van der Waals surface area contributed by atoms with E-state index in [0.29, 0.717) is 36.4 Å². The van der Waals surface area contributed by atoms with Gasteiger partial charge in [0.25, 0.3) is 0 Å². The molecule has 2 aromatic rings. The van der Waals surface area contributed by atoms with Crippen LogP contribution in [0.3, 0.4) is 0 Å². The minimum Gasteiger partial charge on any atom is -0.485 e. The second kappa shape index (κ2) is 8.09. The first kappa shape index (κ1) is 17.4. The Kier molecular flexibility index (Phi) is 5.62. The lowest BCUT2D eigenvalue weighted by Gasteiger charge is -2.26. The molecule has 1 aliphatic rings. The van der Waals surface area contributed by atoms with Gasteiger partial charge in [-0.3, -0.25) is 4.79 Å². The Hall–Kier alpha value is -2.45. The second-order valence-electron chi connectivity index (χ2n) is 6.01. The molecule has 1 aromatic carbocycles. The van der Waals surface area contributed by atoms with Gasteiger partial charge in [-0.25, -0.2) is 0 Å². The van der Waals surface area contributed by atoms with Gasteiger partial charge in [0.15, 0.2) is 6.61 Å². The number of benzene rings is 1. The second-order valence-corrected chi connectivity index (χ2v) is 6.01. The van der Waals surface area contributed by atoms with Gasteiger partial charge in [0, 0.05) is 25.8 Å². The third kappa shape index (κ3) is 4.77. The quantitative estimate of drug-likeness (QED) is 0.817. The molecule has 8 nitrogen and oxygen atoms in total. The highest BCUT2D eigenvalue weighted by Gasteiger charge is 2.26. The molecule has 0 radical (unpaired) electrons. The van der Waals surface area contributed by atoms with Crippen molar-refractivity contribution in [1.82, 2.24) is 10.1 Å². The summed E-state index contributed by atoms with van der Waals surface area (Å²) in [5, 5.41) is 6.60. The fourth-order valence-corrected chi connectivity index (χ4v) is 2.70. The van der Waals surface area contributed by atoms with E-state index in [1.807, 2.05) is 0 Å². The summed E-state index contributed by atoms with van der Waals surface area (Å²) < 4.78 is 15.8. The van der Waals surface area contributed by atoms with Gasteiger partial charge in [-0.05, 0) is 43.0 Å². The van der Waals surface area contributed by atoms with Gasteiger partial charge in [-0.15, -0.1) is 0 Å². The van der Waals surface area contributed by atoms with Crippen LogP contribution in [0.2, 0.25) is 0 Å². The minimum atomic E-state index is -0.527. The highest BCUT2D eigenvalue weighted by atomic mass is 16.5. The van der Waals surface area contributed by atoms with E-state index in [4.69, 9.17) is 19.7 Å². The molecule has 3 N–H and O–H groups in total. The summed E-state index contributed by atoms with van der Waals surface area (Å²) in [4.78, 5) is 16.3. The van der Waals surface area contributed by atoms with Gasteiger partial charge in [0.05, 0.1) is 6.04 Å². The molecular formula is C17H22N4O4. The number of carbonyl (C=O) groups excluding carboxylic acids is 1. The number of hydrogen-bond acceptors (Lipinski definition) is 7. The summed E-state index contributed by atoms with van der Waals surface area (Å²) in [6.07, 6.45) is 1.63. The van der Waals surface area contributed by atoms with Crippen molar-refractivity contribution in [2.45, 2.75) is 32.4 Å². The predicted molar refractivity (Wildman–Crippen MR) is 90.0 cm³/mol. The van der Waals surface area contributed by atoms with Crippen LogP contribution in [-0.4, -0.2) is 35.3 Å². The lowest BCUT2D eigenvalue weighted by atomic mass is 9.92. The van der Waals surface area contributed by atoms with Gasteiger partial charge in [-0.1, -0.05) is 5.16 Å². The first-order valence-electron chi connectivity index (χ1n) is 8.28. The average molecular weight is 346 g/mol. The monoisotopic (exact) mass is 346 g/mol. The fourth-order valence-electron chi connectivity index (χ4n) is 2.70. The molecule has 0 saturated carbocycles. The van der Waals surface area contributed by atoms with Crippen LogP contribution < -0.4 is 15.8 Å². The topological polar surface area (TPSA) is 112 Å². The summed E-state index contributed by atoms with van der Waals surface area (Å²) in [7, 11) is 0. The lowest BCUT2D eigenvalue weighted by molar-refractivity contribution is -0.119. The van der Waals surface area contributed by atoms with Crippen LogP contribution in [0, 0.1) is 12.8 Å². The number of carbonyl (C=O) groups is 1. The van der Waals surface area contributed by atoms with Crippen LogP contribution in [0.15, 0.2) is 28.8 Å². The molecule has 8 heteroatoms. The van der Waals surface area contributed by atoms with E-state index in [1.165, 1.54) is 0 Å². The van der Waals surface area contributed by atoms with E-state index in [0.717, 1.165) is 12.8 Å². The third-order valence-electron chi connectivity index (χ3n) is 4.14. The van der Waals surface area contributed by atoms with Crippen molar-refractivity contribution < 1.29 is 18.8 Å². The van der Waals surface area contributed by atoms with Crippen molar-refractivity contribution in [2.24, 2.45) is 11.7 Å². The summed E-state index contributed by atoms with van der Waals surface area (Å²) in [5.41, 5.74) is 6.74. The van der Waals surface area contributed by atoms with Gasteiger partial charge >= 0.3 is 0 Å². The van der Waals surface area contributed by atoms with Gasteiger partial charge < -0.3 is 25.0 Å². The number of anilines is 1. The number of hydrogen-bond donors (Lipinski definition) is 2. The normalized spacial score (nSPS) is 16.4. The van der Waals surface area contributed by atoms with Crippen molar-refractivity contribution in [3.63, 3.8) is 0 Å². The van der Waals surface area contributed by atoms with E-state index in [9.17, 15) is 4.79 Å². The van der Waals surface area contributed by atoms with Crippen molar-refractivity contribution in [3.8, 4) is 5.75 Å². The highest BCUT2D eigenvalue weighted by Crippen LogP contribution is 2.20. The summed E-state index contributed by atoms with van der Waals surface area (Å²) in [5.74, 6) is 1.61.